The molecule has 192 valence electrons. The first-order valence-electron chi connectivity index (χ1n) is 12.6. The van der Waals surface area contributed by atoms with Gasteiger partial charge in [0.15, 0.2) is 11.5 Å². The van der Waals surface area contributed by atoms with E-state index in [2.05, 4.69) is 80.7 Å². The molecule has 0 saturated carbocycles. The van der Waals surface area contributed by atoms with Gasteiger partial charge in [0, 0.05) is 25.0 Å². The van der Waals surface area contributed by atoms with Crippen LogP contribution in [0.15, 0.2) is 90.1 Å². The van der Waals surface area contributed by atoms with Crippen LogP contribution in [0.2, 0.25) is 0 Å². The fourth-order valence-electron chi connectivity index (χ4n) is 4.76. The van der Waals surface area contributed by atoms with E-state index >= 15 is 0 Å². The molecule has 4 rings (SSSR count). The molecule has 3 heterocycles. The zero-order valence-electron chi connectivity index (χ0n) is 22.2. The van der Waals surface area contributed by atoms with E-state index in [9.17, 15) is 4.79 Å². The van der Waals surface area contributed by atoms with Crippen molar-refractivity contribution < 1.29 is 4.79 Å². The maximum Gasteiger partial charge on any atom is 0.249 e. The number of carbonyl (C=O) groups is 1. The number of hydrogen-bond donors (Lipinski definition) is 2. The molecular formula is C29H35N7O. The Bertz CT molecular complexity index is 1400. The molecule has 0 spiro atoms. The Morgan fingerprint density at radius 2 is 2.05 bits per heavy atom. The van der Waals surface area contributed by atoms with Crippen LogP contribution < -0.4 is 5.32 Å². The van der Waals surface area contributed by atoms with Crippen molar-refractivity contribution in [2.24, 2.45) is 11.3 Å². The second-order valence-corrected chi connectivity index (χ2v) is 10.3. The highest BCUT2D eigenvalue weighted by Crippen LogP contribution is 2.44. The lowest BCUT2D eigenvalue weighted by atomic mass is 9.68. The number of H-pyrrole nitrogens is 1. The Labute approximate surface area is 218 Å². The van der Waals surface area contributed by atoms with Gasteiger partial charge in [-0.25, -0.2) is 19.9 Å². The van der Waals surface area contributed by atoms with Crippen LogP contribution in [0.3, 0.4) is 0 Å². The van der Waals surface area contributed by atoms with Crippen molar-refractivity contribution in [3.63, 3.8) is 0 Å². The number of imidazole rings is 2. The predicted octanol–water partition coefficient (Wildman–Crippen LogP) is 5.95. The van der Waals surface area contributed by atoms with E-state index in [-0.39, 0.29) is 11.3 Å². The molecule has 0 saturated heterocycles. The summed E-state index contributed by atoms with van der Waals surface area (Å²) in [6, 6.07) is 0. The molecule has 37 heavy (non-hydrogen) atoms. The van der Waals surface area contributed by atoms with Gasteiger partial charge in [-0.15, -0.1) is 0 Å². The van der Waals surface area contributed by atoms with Crippen molar-refractivity contribution in [3.05, 3.63) is 90.1 Å². The van der Waals surface area contributed by atoms with E-state index in [4.69, 9.17) is 0 Å². The summed E-state index contributed by atoms with van der Waals surface area (Å²) < 4.78 is 2.17. The summed E-state index contributed by atoms with van der Waals surface area (Å²) in [5.41, 5.74) is 6.12. The molecule has 0 radical (unpaired) electrons. The minimum Gasteiger partial charge on any atom is -0.340 e. The summed E-state index contributed by atoms with van der Waals surface area (Å²) in [4.78, 5) is 31.8. The Kier molecular flexibility index (Phi) is 7.96. The van der Waals surface area contributed by atoms with Crippen molar-refractivity contribution >= 4 is 22.9 Å². The molecular weight excluding hydrogens is 462 g/mol. The molecule has 3 aromatic heterocycles. The van der Waals surface area contributed by atoms with E-state index in [0.717, 1.165) is 17.7 Å². The highest BCUT2D eigenvalue weighted by atomic mass is 16.1. The lowest BCUT2D eigenvalue weighted by Gasteiger charge is -2.37. The number of nitrogens with one attached hydrogen (secondary N) is 2. The average Bonchev–Trinajstić information content (AvgIpc) is 3.53. The lowest BCUT2D eigenvalue weighted by molar-refractivity contribution is -0.112. The molecule has 1 unspecified atom stereocenters. The lowest BCUT2D eigenvalue weighted by Crippen LogP contribution is -2.26. The second kappa shape index (κ2) is 11.3. The fourth-order valence-corrected chi connectivity index (χ4v) is 4.76. The first-order chi connectivity index (χ1) is 17.7. The smallest absolute Gasteiger partial charge is 0.249 e. The molecule has 0 bridgehead atoms. The number of anilines is 1. The SMILES string of the molecule is CC1=C(/C=C/C(C)=C/C=C/C(C)=C/C(=O)Nc2ncnc3nc[nH]c23)C(C)(C)CCC1Cn1ccnc1. The van der Waals surface area contributed by atoms with Crippen LogP contribution in [0, 0.1) is 11.3 Å². The first kappa shape index (κ1) is 26.0. The maximum absolute atomic E-state index is 12.4. The number of carbonyl (C=O) groups excluding carboxylic acids is 1. The molecule has 1 atom stereocenters. The number of fused-ring (bicyclic) bond motifs is 1. The number of allylic oxidation sites excluding steroid dienone is 9. The predicted molar refractivity (Wildman–Crippen MR) is 148 cm³/mol. The average molecular weight is 498 g/mol. The van der Waals surface area contributed by atoms with E-state index in [1.54, 1.807) is 6.08 Å². The van der Waals surface area contributed by atoms with Gasteiger partial charge in [-0.3, -0.25) is 4.79 Å². The van der Waals surface area contributed by atoms with Gasteiger partial charge in [0.25, 0.3) is 0 Å². The minimum atomic E-state index is -0.260. The minimum absolute atomic E-state index is 0.153. The van der Waals surface area contributed by atoms with Gasteiger partial charge in [0.05, 0.1) is 12.7 Å². The topological polar surface area (TPSA) is 101 Å². The summed E-state index contributed by atoms with van der Waals surface area (Å²) in [6.07, 6.45) is 23.0. The van der Waals surface area contributed by atoms with Crippen molar-refractivity contribution in [2.75, 3.05) is 5.32 Å². The van der Waals surface area contributed by atoms with Crippen molar-refractivity contribution in [1.29, 1.82) is 0 Å². The van der Waals surface area contributed by atoms with E-state index in [1.165, 1.54) is 36.6 Å². The standard InChI is InChI=1S/C29H35N7O/c1-20(9-10-24-22(3)23(11-12-29(24,4)5)16-36-14-13-30-19-36)7-6-8-21(2)15-25(37)35-28-26-27(32-17-31-26)33-18-34-28/h6-10,13-15,17-19,23H,11-12,16H2,1-5H3,(H2,31,32,33,34,35,37)/b8-6+,10-9+,20-7+,21-15+. The maximum atomic E-state index is 12.4. The molecule has 2 N–H and O–H groups in total. The van der Waals surface area contributed by atoms with Gasteiger partial charge >= 0.3 is 0 Å². The molecule has 3 aromatic rings. The van der Waals surface area contributed by atoms with Crippen LogP contribution in [0.4, 0.5) is 5.82 Å². The third-order valence-electron chi connectivity index (χ3n) is 6.93. The van der Waals surface area contributed by atoms with Crippen molar-refractivity contribution in [2.45, 2.75) is 54.0 Å². The van der Waals surface area contributed by atoms with E-state index < -0.39 is 0 Å². The summed E-state index contributed by atoms with van der Waals surface area (Å²) in [7, 11) is 0. The Hall–Kier alpha value is -4.07. The fraction of sp³-hybridized carbons (Fsp3) is 0.345. The molecule has 8 nitrogen and oxygen atoms in total. The quantitative estimate of drug-likeness (QED) is 0.296. The Morgan fingerprint density at radius 3 is 2.84 bits per heavy atom. The first-order valence-corrected chi connectivity index (χ1v) is 12.6. The number of aromatic amines is 1. The van der Waals surface area contributed by atoms with Crippen LogP contribution in [0.25, 0.3) is 11.2 Å². The molecule has 8 heteroatoms. The van der Waals surface area contributed by atoms with Gasteiger partial charge in [-0.1, -0.05) is 55.4 Å². The van der Waals surface area contributed by atoms with Crippen LogP contribution in [0.5, 0.6) is 0 Å². The molecule has 1 amide bonds. The molecule has 1 aliphatic rings. The normalized spacial score (nSPS) is 18.9. The monoisotopic (exact) mass is 497 g/mol. The molecule has 0 aromatic carbocycles. The summed E-state index contributed by atoms with van der Waals surface area (Å²) in [6.45, 7) is 11.9. The largest absolute Gasteiger partial charge is 0.340 e. The zero-order chi connectivity index (χ0) is 26.4. The number of nitrogens with zero attached hydrogens (tertiary/aromatic N) is 5. The molecule has 0 aliphatic heterocycles. The highest BCUT2D eigenvalue weighted by molar-refractivity contribution is 6.03. The Balaban J connectivity index is 1.39. The third kappa shape index (κ3) is 6.58. The van der Waals surface area contributed by atoms with E-state index in [1.807, 2.05) is 37.8 Å². The second-order valence-electron chi connectivity index (χ2n) is 10.3. The van der Waals surface area contributed by atoms with Gasteiger partial charge in [-0.2, -0.15) is 0 Å². The van der Waals surface area contributed by atoms with E-state index in [0.29, 0.717) is 22.9 Å². The van der Waals surface area contributed by atoms with Crippen LogP contribution >= 0.6 is 0 Å². The third-order valence-corrected chi connectivity index (χ3v) is 6.93. The number of aromatic nitrogens is 6. The summed E-state index contributed by atoms with van der Waals surface area (Å²) >= 11 is 0. The van der Waals surface area contributed by atoms with Gasteiger partial charge in [0.2, 0.25) is 5.91 Å². The zero-order valence-corrected chi connectivity index (χ0v) is 22.2. The number of amides is 1. The number of rotatable bonds is 8. The van der Waals surface area contributed by atoms with Crippen LogP contribution in [0.1, 0.15) is 47.5 Å². The number of hydrogen-bond acceptors (Lipinski definition) is 5. The van der Waals surface area contributed by atoms with Gasteiger partial charge in [-0.05, 0) is 56.1 Å². The van der Waals surface area contributed by atoms with Crippen LogP contribution in [-0.4, -0.2) is 35.4 Å². The summed E-state index contributed by atoms with van der Waals surface area (Å²) in [5, 5.41) is 2.78. The van der Waals surface area contributed by atoms with Crippen LogP contribution in [-0.2, 0) is 11.3 Å². The Morgan fingerprint density at radius 1 is 1.22 bits per heavy atom. The molecule has 0 fully saturated rings. The summed E-state index contributed by atoms with van der Waals surface area (Å²) in [5.74, 6) is 0.671. The van der Waals surface area contributed by atoms with Crippen molar-refractivity contribution in [3.8, 4) is 0 Å². The highest BCUT2D eigenvalue weighted by Gasteiger charge is 2.31. The van der Waals surface area contributed by atoms with Gasteiger partial charge < -0.3 is 14.9 Å². The van der Waals surface area contributed by atoms with Gasteiger partial charge in [0.1, 0.15) is 11.8 Å². The molecule has 1 aliphatic carbocycles. The van der Waals surface area contributed by atoms with Crippen molar-refractivity contribution in [1.82, 2.24) is 29.5 Å².